The largest absolute Gasteiger partial charge is 0.353 e. The molecule has 0 saturated carbocycles. The predicted octanol–water partition coefficient (Wildman–Crippen LogP) is 2.72. The third kappa shape index (κ3) is 2.39. The summed E-state index contributed by atoms with van der Waals surface area (Å²) in [6.45, 7) is 0.585. The predicted molar refractivity (Wildman–Crippen MR) is 81.7 cm³/mol. The third-order valence-corrected chi connectivity index (χ3v) is 3.99. The number of fused-ring (bicyclic) bond motifs is 1. The van der Waals surface area contributed by atoms with Crippen LogP contribution in [0, 0.1) is 11.3 Å². The SMILES string of the molecule is CN(Cc1cccc(C#N)c1)c1nc2sccn2c1C=O. The van der Waals surface area contributed by atoms with Gasteiger partial charge in [0.05, 0.1) is 11.6 Å². The van der Waals surface area contributed by atoms with Crippen LogP contribution in [0.25, 0.3) is 4.96 Å². The average molecular weight is 296 g/mol. The highest BCUT2D eigenvalue weighted by atomic mass is 32.1. The van der Waals surface area contributed by atoms with Crippen LogP contribution >= 0.6 is 11.3 Å². The summed E-state index contributed by atoms with van der Waals surface area (Å²) in [7, 11) is 1.89. The third-order valence-electron chi connectivity index (χ3n) is 3.23. The first-order chi connectivity index (χ1) is 10.2. The molecular weight excluding hydrogens is 284 g/mol. The van der Waals surface area contributed by atoms with Crippen LogP contribution in [-0.4, -0.2) is 22.7 Å². The number of aldehydes is 1. The van der Waals surface area contributed by atoms with Crippen molar-refractivity contribution in [2.45, 2.75) is 6.54 Å². The van der Waals surface area contributed by atoms with Crippen LogP contribution in [0.5, 0.6) is 0 Å². The normalized spacial score (nSPS) is 10.5. The number of nitriles is 1. The van der Waals surface area contributed by atoms with Gasteiger partial charge in [-0.1, -0.05) is 12.1 Å². The Morgan fingerprint density at radius 1 is 1.52 bits per heavy atom. The van der Waals surface area contributed by atoms with Crippen LogP contribution in [0.1, 0.15) is 21.6 Å². The molecule has 2 heterocycles. The van der Waals surface area contributed by atoms with Crippen LogP contribution in [0.2, 0.25) is 0 Å². The molecule has 5 nitrogen and oxygen atoms in total. The minimum absolute atomic E-state index is 0.546. The quantitative estimate of drug-likeness (QED) is 0.694. The highest BCUT2D eigenvalue weighted by Crippen LogP contribution is 2.23. The Morgan fingerprint density at radius 2 is 2.38 bits per heavy atom. The van der Waals surface area contributed by atoms with E-state index in [1.165, 1.54) is 11.3 Å². The lowest BCUT2D eigenvalue weighted by atomic mass is 10.1. The van der Waals surface area contributed by atoms with E-state index in [2.05, 4.69) is 11.1 Å². The van der Waals surface area contributed by atoms with Gasteiger partial charge in [-0.25, -0.2) is 4.98 Å². The molecule has 2 aromatic heterocycles. The molecule has 1 aromatic carbocycles. The fourth-order valence-corrected chi connectivity index (χ4v) is 2.99. The number of rotatable bonds is 4. The van der Waals surface area contributed by atoms with Crippen molar-refractivity contribution in [1.82, 2.24) is 9.38 Å². The maximum Gasteiger partial charge on any atom is 0.196 e. The number of thiazole rings is 1. The lowest BCUT2D eigenvalue weighted by molar-refractivity contribution is 0.111. The van der Waals surface area contributed by atoms with Crippen LogP contribution in [0.3, 0.4) is 0 Å². The Bertz CT molecular complexity index is 843. The standard InChI is InChI=1S/C15H12N4OS/c1-18(9-12-4-2-3-11(7-12)8-16)14-13(10-20)19-5-6-21-15(19)17-14/h2-7,10H,9H2,1H3. The Balaban J connectivity index is 1.93. The number of hydrogen-bond donors (Lipinski definition) is 0. The smallest absolute Gasteiger partial charge is 0.196 e. The van der Waals surface area contributed by atoms with Crippen molar-refractivity contribution in [3.05, 3.63) is 52.7 Å². The Morgan fingerprint density at radius 3 is 3.14 bits per heavy atom. The highest BCUT2D eigenvalue weighted by Gasteiger charge is 2.16. The Kier molecular flexibility index (Phi) is 3.42. The van der Waals surface area contributed by atoms with Crippen molar-refractivity contribution in [1.29, 1.82) is 5.26 Å². The van der Waals surface area contributed by atoms with Gasteiger partial charge in [0.1, 0.15) is 5.69 Å². The maximum absolute atomic E-state index is 11.3. The fourth-order valence-electron chi connectivity index (χ4n) is 2.27. The number of anilines is 1. The van der Waals surface area contributed by atoms with Gasteiger partial charge in [0.15, 0.2) is 17.1 Å². The van der Waals surface area contributed by atoms with Gasteiger partial charge in [-0.3, -0.25) is 9.20 Å². The molecule has 0 aliphatic heterocycles. The van der Waals surface area contributed by atoms with E-state index in [9.17, 15) is 4.79 Å². The molecule has 0 radical (unpaired) electrons. The van der Waals surface area contributed by atoms with E-state index in [-0.39, 0.29) is 0 Å². The first-order valence-electron chi connectivity index (χ1n) is 6.34. The van der Waals surface area contributed by atoms with Gasteiger partial charge in [0.2, 0.25) is 0 Å². The molecule has 0 fully saturated rings. The number of aromatic nitrogens is 2. The van der Waals surface area contributed by atoms with Gasteiger partial charge in [0, 0.05) is 25.2 Å². The van der Waals surface area contributed by atoms with Gasteiger partial charge < -0.3 is 4.90 Å². The summed E-state index contributed by atoms with van der Waals surface area (Å²) < 4.78 is 1.79. The topological polar surface area (TPSA) is 61.4 Å². The Hall–Kier alpha value is -2.65. The summed E-state index contributed by atoms with van der Waals surface area (Å²) in [5.41, 5.74) is 2.18. The second kappa shape index (κ2) is 5.38. The van der Waals surface area contributed by atoms with E-state index in [1.54, 1.807) is 10.5 Å². The molecule has 0 amide bonds. The number of carbonyl (C=O) groups is 1. The van der Waals surface area contributed by atoms with E-state index >= 15 is 0 Å². The molecule has 0 unspecified atom stereocenters. The van der Waals surface area contributed by atoms with Crippen molar-refractivity contribution < 1.29 is 4.79 Å². The average Bonchev–Trinajstić information content (AvgIpc) is 3.07. The summed E-state index contributed by atoms with van der Waals surface area (Å²) in [4.78, 5) is 18.5. The minimum atomic E-state index is 0.546. The summed E-state index contributed by atoms with van der Waals surface area (Å²) >= 11 is 1.49. The van der Waals surface area contributed by atoms with Gasteiger partial charge in [0.25, 0.3) is 0 Å². The molecule has 0 N–H and O–H groups in total. The molecule has 0 atom stereocenters. The number of carbonyl (C=O) groups excluding carboxylic acids is 1. The monoisotopic (exact) mass is 296 g/mol. The van der Waals surface area contributed by atoms with E-state index in [4.69, 9.17) is 5.26 Å². The molecule has 21 heavy (non-hydrogen) atoms. The molecule has 0 bridgehead atoms. The van der Waals surface area contributed by atoms with E-state index in [0.717, 1.165) is 16.8 Å². The summed E-state index contributed by atoms with van der Waals surface area (Å²) in [6, 6.07) is 9.55. The van der Waals surface area contributed by atoms with Crippen molar-refractivity contribution in [3.63, 3.8) is 0 Å². The second-order valence-electron chi connectivity index (χ2n) is 4.66. The maximum atomic E-state index is 11.3. The molecule has 0 aliphatic carbocycles. The van der Waals surface area contributed by atoms with Crippen molar-refractivity contribution in [2.24, 2.45) is 0 Å². The summed E-state index contributed by atoms with van der Waals surface area (Å²) in [5.74, 6) is 0.652. The molecule has 6 heteroatoms. The Labute approximate surface area is 125 Å². The summed E-state index contributed by atoms with van der Waals surface area (Å²) in [6.07, 6.45) is 2.66. The zero-order valence-electron chi connectivity index (χ0n) is 11.4. The van der Waals surface area contributed by atoms with Crippen molar-refractivity contribution in [2.75, 3.05) is 11.9 Å². The zero-order chi connectivity index (χ0) is 14.8. The van der Waals surface area contributed by atoms with Crippen molar-refractivity contribution >= 4 is 28.4 Å². The first-order valence-corrected chi connectivity index (χ1v) is 7.22. The minimum Gasteiger partial charge on any atom is -0.353 e. The lowest BCUT2D eigenvalue weighted by Gasteiger charge is -2.17. The number of nitrogens with zero attached hydrogens (tertiary/aromatic N) is 4. The molecule has 0 spiro atoms. The van der Waals surface area contributed by atoms with Gasteiger partial charge in [-0.05, 0) is 17.7 Å². The number of benzene rings is 1. The van der Waals surface area contributed by atoms with Crippen LogP contribution in [-0.2, 0) is 6.54 Å². The number of hydrogen-bond acceptors (Lipinski definition) is 5. The van der Waals surface area contributed by atoms with Crippen molar-refractivity contribution in [3.8, 4) is 6.07 Å². The van der Waals surface area contributed by atoms with Crippen LogP contribution < -0.4 is 4.90 Å². The number of imidazole rings is 1. The van der Waals surface area contributed by atoms with Gasteiger partial charge in [-0.2, -0.15) is 5.26 Å². The molecule has 104 valence electrons. The molecule has 3 rings (SSSR count). The highest BCUT2D eigenvalue weighted by molar-refractivity contribution is 7.15. The first kappa shape index (κ1) is 13.3. The zero-order valence-corrected chi connectivity index (χ0v) is 12.2. The molecule has 3 aromatic rings. The lowest BCUT2D eigenvalue weighted by Crippen LogP contribution is -2.18. The van der Waals surface area contributed by atoms with E-state index < -0.39 is 0 Å². The van der Waals surface area contributed by atoms with E-state index in [1.807, 2.05) is 41.7 Å². The second-order valence-corrected chi connectivity index (χ2v) is 5.54. The van der Waals surface area contributed by atoms with E-state index in [0.29, 0.717) is 23.6 Å². The van der Waals surface area contributed by atoms with Crippen LogP contribution in [0.15, 0.2) is 35.8 Å². The molecule has 0 saturated heterocycles. The van der Waals surface area contributed by atoms with Gasteiger partial charge >= 0.3 is 0 Å². The molecular formula is C15H12N4OS. The fraction of sp³-hybridized carbons (Fsp3) is 0.133. The molecule has 0 aliphatic rings. The van der Waals surface area contributed by atoms with Crippen LogP contribution in [0.4, 0.5) is 5.82 Å². The van der Waals surface area contributed by atoms with Gasteiger partial charge in [-0.15, -0.1) is 11.3 Å². The summed E-state index contributed by atoms with van der Waals surface area (Å²) in [5, 5.41) is 10.8.